The summed E-state index contributed by atoms with van der Waals surface area (Å²) in [5.74, 6) is 0.469. The molecule has 4 rings (SSSR count). The molecular formula is C24H30ClN5O5S2. The number of anilines is 2. The minimum absolute atomic E-state index is 0.0111. The van der Waals surface area contributed by atoms with Crippen molar-refractivity contribution in [3.8, 4) is 21.8 Å². The third kappa shape index (κ3) is 6.75. The molecule has 0 saturated carbocycles. The van der Waals surface area contributed by atoms with Crippen LogP contribution in [0.2, 0.25) is 5.02 Å². The lowest BCUT2D eigenvalue weighted by molar-refractivity contribution is 0.0853. The van der Waals surface area contributed by atoms with Gasteiger partial charge in [0.2, 0.25) is 16.0 Å². The number of halogens is 1. The summed E-state index contributed by atoms with van der Waals surface area (Å²) in [5.41, 5.74) is 2.06. The summed E-state index contributed by atoms with van der Waals surface area (Å²) in [5, 5.41) is 22.9. The molecular weight excluding hydrogens is 538 g/mol. The number of hydrogen-bond donors (Lipinski definition) is 4. The molecule has 2 aromatic heterocycles. The molecule has 1 saturated heterocycles. The van der Waals surface area contributed by atoms with E-state index in [1.54, 1.807) is 37.4 Å². The van der Waals surface area contributed by atoms with Gasteiger partial charge in [0.15, 0.2) is 0 Å². The largest absolute Gasteiger partial charge is 0.394 e. The lowest BCUT2D eigenvalue weighted by atomic mass is 10.0. The fourth-order valence-corrected chi connectivity index (χ4v) is 6.66. The van der Waals surface area contributed by atoms with Crippen molar-refractivity contribution in [2.24, 2.45) is 0 Å². The van der Waals surface area contributed by atoms with Crippen LogP contribution in [0.4, 0.5) is 11.6 Å². The van der Waals surface area contributed by atoms with Crippen LogP contribution in [0, 0.1) is 0 Å². The molecule has 0 radical (unpaired) electrons. The van der Waals surface area contributed by atoms with E-state index in [4.69, 9.17) is 21.3 Å². The lowest BCUT2D eigenvalue weighted by Gasteiger charge is -2.19. The first kappa shape index (κ1) is 27.7. The first-order valence-corrected chi connectivity index (χ1v) is 14.9. The minimum Gasteiger partial charge on any atom is -0.394 e. The highest BCUT2D eigenvalue weighted by Gasteiger charge is 2.26. The molecule has 1 aliphatic rings. The van der Waals surface area contributed by atoms with Gasteiger partial charge >= 0.3 is 0 Å². The zero-order valence-corrected chi connectivity index (χ0v) is 22.7. The molecule has 0 amide bonds. The molecule has 0 aliphatic carbocycles. The van der Waals surface area contributed by atoms with Crippen LogP contribution >= 0.6 is 22.9 Å². The monoisotopic (exact) mass is 567 g/mol. The van der Waals surface area contributed by atoms with Crippen LogP contribution in [0.1, 0.15) is 37.1 Å². The van der Waals surface area contributed by atoms with E-state index in [0.29, 0.717) is 36.6 Å². The van der Waals surface area contributed by atoms with Crippen LogP contribution in [0.5, 0.6) is 0 Å². The van der Waals surface area contributed by atoms with E-state index in [2.05, 4.69) is 20.0 Å². The van der Waals surface area contributed by atoms with E-state index in [-0.39, 0.29) is 41.5 Å². The van der Waals surface area contributed by atoms with E-state index >= 15 is 0 Å². The number of sulfonamides is 1. The van der Waals surface area contributed by atoms with E-state index < -0.39 is 16.1 Å². The van der Waals surface area contributed by atoms with Gasteiger partial charge in [0, 0.05) is 30.9 Å². The third-order valence-electron chi connectivity index (χ3n) is 5.87. The highest BCUT2D eigenvalue weighted by molar-refractivity contribution is 7.92. The number of rotatable bonds is 11. The number of thiazole rings is 1. The second-order valence-corrected chi connectivity index (χ2v) is 11.9. The van der Waals surface area contributed by atoms with Gasteiger partial charge in [-0.3, -0.25) is 4.72 Å². The van der Waals surface area contributed by atoms with Crippen molar-refractivity contribution in [2.45, 2.75) is 38.1 Å². The fraction of sp³-hybridized carbons (Fsp3) is 0.458. The molecule has 13 heteroatoms. The Balaban J connectivity index is 1.79. The molecule has 0 spiro atoms. The predicted molar refractivity (Wildman–Crippen MR) is 146 cm³/mol. The van der Waals surface area contributed by atoms with Crippen LogP contribution in [-0.4, -0.2) is 71.8 Å². The average molecular weight is 568 g/mol. The quantitative estimate of drug-likeness (QED) is 0.272. The summed E-state index contributed by atoms with van der Waals surface area (Å²) < 4.78 is 32.9. The molecule has 200 valence electrons. The minimum atomic E-state index is -3.54. The normalized spacial score (nSPS) is 14.7. The molecule has 4 N–H and O–H groups in total. The number of benzene rings is 1. The highest BCUT2D eigenvalue weighted by atomic mass is 35.5. The Hall–Kier alpha value is -2.35. The summed E-state index contributed by atoms with van der Waals surface area (Å²) >= 11 is 8.27. The molecule has 0 bridgehead atoms. The van der Waals surface area contributed by atoms with Gasteiger partial charge in [-0.05, 0) is 31.4 Å². The molecule has 3 heterocycles. The Morgan fingerprint density at radius 2 is 1.95 bits per heavy atom. The molecule has 1 aliphatic heterocycles. The summed E-state index contributed by atoms with van der Waals surface area (Å²) in [7, 11) is -3.54. The van der Waals surface area contributed by atoms with Crippen molar-refractivity contribution in [3.63, 3.8) is 0 Å². The number of aliphatic hydroxyl groups excluding tert-OH is 2. The van der Waals surface area contributed by atoms with Crippen LogP contribution in [0.15, 0.2) is 30.5 Å². The number of aliphatic hydroxyl groups is 2. The Kier molecular flexibility index (Phi) is 9.32. The zero-order valence-electron chi connectivity index (χ0n) is 20.4. The summed E-state index contributed by atoms with van der Waals surface area (Å²) in [6, 6.07) is 6.32. The molecule has 10 nitrogen and oxygen atoms in total. The SMILES string of the molecule is CCCS(=O)(=O)Nc1cccc(-c2nc(C3CCOCC3)sc2-c2ccnc(NC(CO)CO)n2)c1Cl. The van der Waals surface area contributed by atoms with E-state index in [1.807, 2.05) is 0 Å². The average Bonchev–Trinajstić information content (AvgIpc) is 3.34. The van der Waals surface area contributed by atoms with Crippen molar-refractivity contribution in [1.29, 1.82) is 0 Å². The van der Waals surface area contributed by atoms with Crippen LogP contribution in [0.3, 0.4) is 0 Å². The Labute approximate surface area is 225 Å². The molecule has 37 heavy (non-hydrogen) atoms. The van der Waals surface area contributed by atoms with Crippen LogP contribution in [0.25, 0.3) is 21.8 Å². The summed E-state index contributed by atoms with van der Waals surface area (Å²) in [4.78, 5) is 14.6. The topological polar surface area (TPSA) is 147 Å². The van der Waals surface area contributed by atoms with Gasteiger partial charge in [0.05, 0.1) is 57.0 Å². The third-order valence-corrected chi connectivity index (χ3v) is 8.99. The molecule has 0 atom stereocenters. The second kappa shape index (κ2) is 12.5. The first-order valence-electron chi connectivity index (χ1n) is 12.0. The Morgan fingerprint density at radius 3 is 2.65 bits per heavy atom. The van der Waals surface area contributed by atoms with Crippen molar-refractivity contribution >= 4 is 44.6 Å². The van der Waals surface area contributed by atoms with Crippen molar-refractivity contribution in [1.82, 2.24) is 15.0 Å². The number of hydrogen-bond acceptors (Lipinski definition) is 10. The zero-order chi connectivity index (χ0) is 26.4. The van der Waals surface area contributed by atoms with E-state index in [1.165, 1.54) is 11.3 Å². The van der Waals surface area contributed by atoms with Crippen molar-refractivity contribution in [2.75, 3.05) is 42.2 Å². The molecule has 1 fully saturated rings. The standard InChI is InChI=1S/C24H30ClN5O5S2/c1-2-12-37(33,34)30-18-5-3-4-17(20(18)25)21-22(36-23(29-21)15-7-10-35-11-8-15)19-6-9-26-24(28-19)27-16(13-31)14-32/h3-6,9,15-16,30-32H,2,7-8,10-14H2,1H3,(H,26,27,28). The lowest BCUT2D eigenvalue weighted by Crippen LogP contribution is -2.28. The Bertz CT molecular complexity index is 1310. The second-order valence-electron chi connectivity index (χ2n) is 8.68. The number of nitrogens with zero attached hydrogens (tertiary/aromatic N) is 3. The first-order chi connectivity index (χ1) is 17.8. The van der Waals surface area contributed by atoms with Gasteiger partial charge in [-0.25, -0.2) is 23.4 Å². The van der Waals surface area contributed by atoms with Gasteiger partial charge < -0.3 is 20.3 Å². The number of ether oxygens (including phenoxy) is 1. The highest BCUT2D eigenvalue weighted by Crippen LogP contribution is 2.44. The van der Waals surface area contributed by atoms with Crippen LogP contribution in [-0.2, 0) is 14.8 Å². The van der Waals surface area contributed by atoms with E-state index in [0.717, 1.165) is 22.7 Å². The predicted octanol–water partition coefficient (Wildman–Crippen LogP) is 3.73. The van der Waals surface area contributed by atoms with Gasteiger partial charge in [0.1, 0.15) is 0 Å². The van der Waals surface area contributed by atoms with Crippen molar-refractivity contribution in [3.05, 3.63) is 40.5 Å². The van der Waals surface area contributed by atoms with Crippen LogP contribution < -0.4 is 10.0 Å². The molecule has 3 aromatic rings. The number of nitrogens with one attached hydrogen (secondary N) is 2. The fourth-order valence-electron chi connectivity index (χ4n) is 3.98. The number of aromatic nitrogens is 3. The van der Waals surface area contributed by atoms with Gasteiger partial charge in [0.25, 0.3) is 0 Å². The van der Waals surface area contributed by atoms with E-state index in [9.17, 15) is 18.6 Å². The van der Waals surface area contributed by atoms with Crippen molar-refractivity contribution < 1.29 is 23.4 Å². The van der Waals surface area contributed by atoms with Gasteiger partial charge in [-0.15, -0.1) is 11.3 Å². The molecule has 0 unspecified atom stereocenters. The molecule has 1 aromatic carbocycles. The Morgan fingerprint density at radius 1 is 1.19 bits per heavy atom. The summed E-state index contributed by atoms with van der Waals surface area (Å²) in [6.45, 7) is 2.57. The maximum atomic E-state index is 12.4. The summed E-state index contributed by atoms with van der Waals surface area (Å²) in [6.07, 6.45) is 3.77. The maximum Gasteiger partial charge on any atom is 0.232 e. The van der Waals surface area contributed by atoms with Gasteiger partial charge in [-0.1, -0.05) is 30.7 Å². The van der Waals surface area contributed by atoms with Gasteiger partial charge in [-0.2, -0.15) is 0 Å². The maximum absolute atomic E-state index is 12.4. The smallest absolute Gasteiger partial charge is 0.232 e.